The largest absolute Gasteiger partial charge is 0.484 e. The van der Waals surface area contributed by atoms with E-state index in [-0.39, 0.29) is 12.5 Å². The maximum atomic E-state index is 11.8. The van der Waals surface area contributed by atoms with Crippen LogP contribution in [0.2, 0.25) is 0 Å². The van der Waals surface area contributed by atoms with Gasteiger partial charge < -0.3 is 4.74 Å². The molecule has 0 heterocycles. The van der Waals surface area contributed by atoms with Gasteiger partial charge in [-0.2, -0.15) is 5.10 Å². The summed E-state index contributed by atoms with van der Waals surface area (Å²) in [6, 6.07) is 16.0. The smallest absolute Gasteiger partial charge is 0.277 e. The molecule has 0 atom stereocenters. The van der Waals surface area contributed by atoms with Crippen LogP contribution in [0.1, 0.15) is 23.6 Å². The second-order valence-electron chi connectivity index (χ2n) is 5.62. The zero-order valence-corrected chi connectivity index (χ0v) is 13.2. The first kappa shape index (κ1) is 15.3. The molecule has 4 nitrogen and oxygen atoms in total. The fourth-order valence-corrected chi connectivity index (χ4v) is 2.63. The monoisotopic (exact) mass is 308 g/mol. The van der Waals surface area contributed by atoms with E-state index in [1.54, 1.807) is 0 Å². The lowest BCUT2D eigenvalue weighted by atomic mass is 10.1. The Balaban J connectivity index is 1.47. The molecule has 4 heteroatoms. The van der Waals surface area contributed by atoms with Crippen molar-refractivity contribution in [3.8, 4) is 5.75 Å². The Morgan fingerprint density at radius 2 is 1.74 bits per heavy atom. The van der Waals surface area contributed by atoms with Crippen molar-refractivity contribution >= 4 is 11.6 Å². The van der Waals surface area contributed by atoms with E-state index >= 15 is 0 Å². The molecule has 0 aromatic heterocycles. The van der Waals surface area contributed by atoms with Gasteiger partial charge in [0.05, 0.1) is 0 Å². The highest BCUT2D eigenvalue weighted by Gasteiger charge is 2.16. The standard InChI is InChI=1S/C19H20N2O2/c1-2-14-7-9-18(10-8-14)23-13-19(22)21-20-17-11-15-5-3-4-6-16(15)12-17/h3-10H,2,11-13H2,1H3,(H,21,22). The van der Waals surface area contributed by atoms with Crippen molar-refractivity contribution in [1.82, 2.24) is 5.43 Å². The lowest BCUT2D eigenvalue weighted by Gasteiger charge is -2.06. The third-order valence-electron chi connectivity index (χ3n) is 3.95. The second-order valence-corrected chi connectivity index (χ2v) is 5.62. The number of hydrazone groups is 1. The van der Waals surface area contributed by atoms with Crippen molar-refractivity contribution in [3.05, 3.63) is 65.2 Å². The van der Waals surface area contributed by atoms with E-state index in [0.29, 0.717) is 5.75 Å². The van der Waals surface area contributed by atoms with E-state index in [9.17, 15) is 4.79 Å². The summed E-state index contributed by atoms with van der Waals surface area (Å²) >= 11 is 0. The van der Waals surface area contributed by atoms with Crippen molar-refractivity contribution in [3.63, 3.8) is 0 Å². The summed E-state index contributed by atoms with van der Waals surface area (Å²) in [7, 11) is 0. The lowest BCUT2D eigenvalue weighted by Crippen LogP contribution is -2.26. The predicted molar refractivity (Wildman–Crippen MR) is 90.7 cm³/mol. The third kappa shape index (κ3) is 3.97. The summed E-state index contributed by atoms with van der Waals surface area (Å²) in [5, 5.41) is 4.21. The molecule has 0 saturated carbocycles. The maximum Gasteiger partial charge on any atom is 0.277 e. The minimum Gasteiger partial charge on any atom is -0.484 e. The Hall–Kier alpha value is -2.62. The summed E-state index contributed by atoms with van der Waals surface area (Å²) in [4.78, 5) is 11.8. The third-order valence-corrected chi connectivity index (χ3v) is 3.95. The number of aryl methyl sites for hydroxylation is 1. The molecule has 23 heavy (non-hydrogen) atoms. The lowest BCUT2D eigenvalue weighted by molar-refractivity contribution is -0.123. The van der Waals surface area contributed by atoms with Crippen LogP contribution in [-0.4, -0.2) is 18.2 Å². The molecule has 1 N–H and O–H groups in total. The van der Waals surface area contributed by atoms with Crippen LogP contribution in [0.25, 0.3) is 0 Å². The van der Waals surface area contributed by atoms with Crippen LogP contribution < -0.4 is 10.2 Å². The van der Waals surface area contributed by atoms with Crippen molar-refractivity contribution < 1.29 is 9.53 Å². The van der Waals surface area contributed by atoms with Crippen molar-refractivity contribution in [2.24, 2.45) is 5.10 Å². The highest BCUT2D eigenvalue weighted by Crippen LogP contribution is 2.19. The molecule has 0 radical (unpaired) electrons. The second kappa shape index (κ2) is 7.09. The van der Waals surface area contributed by atoms with Gasteiger partial charge in [0.2, 0.25) is 0 Å². The molecule has 0 bridgehead atoms. The molecule has 1 aliphatic rings. The van der Waals surface area contributed by atoms with Crippen LogP contribution in [0.4, 0.5) is 0 Å². The van der Waals surface area contributed by atoms with Gasteiger partial charge in [0, 0.05) is 18.6 Å². The van der Waals surface area contributed by atoms with Gasteiger partial charge in [-0.25, -0.2) is 5.43 Å². The number of hydrogen-bond donors (Lipinski definition) is 1. The SMILES string of the molecule is CCc1ccc(OCC(=O)NN=C2Cc3ccccc3C2)cc1. The number of carbonyl (C=O) groups is 1. The molecule has 0 aliphatic heterocycles. The van der Waals surface area contributed by atoms with Gasteiger partial charge in [0.1, 0.15) is 5.75 Å². The number of amides is 1. The summed E-state index contributed by atoms with van der Waals surface area (Å²) < 4.78 is 5.46. The van der Waals surface area contributed by atoms with E-state index in [0.717, 1.165) is 25.0 Å². The Kier molecular flexibility index (Phi) is 4.71. The van der Waals surface area contributed by atoms with E-state index < -0.39 is 0 Å². The van der Waals surface area contributed by atoms with Crippen LogP contribution >= 0.6 is 0 Å². The highest BCUT2D eigenvalue weighted by molar-refractivity contribution is 5.93. The quantitative estimate of drug-likeness (QED) is 0.864. The Labute approximate surface area is 136 Å². The van der Waals surface area contributed by atoms with Crippen LogP contribution in [0.15, 0.2) is 53.6 Å². The van der Waals surface area contributed by atoms with Crippen molar-refractivity contribution in [2.45, 2.75) is 26.2 Å². The average molecular weight is 308 g/mol. The van der Waals surface area contributed by atoms with Crippen LogP contribution in [0.3, 0.4) is 0 Å². The fourth-order valence-electron chi connectivity index (χ4n) is 2.63. The fraction of sp³-hybridized carbons (Fsp3) is 0.263. The highest BCUT2D eigenvalue weighted by atomic mass is 16.5. The van der Waals surface area contributed by atoms with Gasteiger partial charge >= 0.3 is 0 Å². The molecule has 2 aromatic rings. The molecule has 0 unspecified atom stereocenters. The van der Waals surface area contributed by atoms with Crippen LogP contribution in [0.5, 0.6) is 5.75 Å². The maximum absolute atomic E-state index is 11.8. The molecule has 3 rings (SSSR count). The molecule has 0 saturated heterocycles. The topological polar surface area (TPSA) is 50.7 Å². The first-order chi connectivity index (χ1) is 11.2. The van der Waals surface area contributed by atoms with Crippen LogP contribution in [-0.2, 0) is 24.1 Å². The minimum atomic E-state index is -0.243. The van der Waals surface area contributed by atoms with Gasteiger partial charge in [-0.1, -0.05) is 43.3 Å². The van der Waals surface area contributed by atoms with Gasteiger partial charge in [-0.05, 0) is 35.2 Å². The number of benzene rings is 2. The molecule has 0 fully saturated rings. The number of nitrogens with zero attached hydrogens (tertiary/aromatic N) is 1. The Bertz CT molecular complexity index is 693. The van der Waals surface area contributed by atoms with Gasteiger partial charge in [-0.15, -0.1) is 0 Å². The number of nitrogens with one attached hydrogen (secondary N) is 1. The Morgan fingerprint density at radius 3 is 2.35 bits per heavy atom. The summed E-state index contributed by atoms with van der Waals surface area (Å²) in [6.45, 7) is 2.07. The zero-order chi connectivity index (χ0) is 16.1. The van der Waals surface area contributed by atoms with Crippen LogP contribution in [0, 0.1) is 0 Å². The molecular weight excluding hydrogens is 288 g/mol. The van der Waals surface area contributed by atoms with Gasteiger partial charge in [-0.3, -0.25) is 4.79 Å². The molecule has 1 amide bonds. The zero-order valence-electron chi connectivity index (χ0n) is 13.2. The van der Waals surface area contributed by atoms with E-state index in [1.165, 1.54) is 16.7 Å². The Morgan fingerprint density at radius 1 is 1.09 bits per heavy atom. The number of carbonyl (C=O) groups excluding carboxylic acids is 1. The molecule has 0 spiro atoms. The van der Waals surface area contributed by atoms with Crippen molar-refractivity contribution in [1.29, 1.82) is 0 Å². The number of hydrogen-bond acceptors (Lipinski definition) is 3. The summed E-state index contributed by atoms with van der Waals surface area (Å²) in [5.41, 5.74) is 7.37. The first-order valence-corrected chi connectivity index (χ1v) is 7.87. The number of fused-ring (bicyclic) bond motifs is 1. The summed E-state index contributed by atoms with van der Waals surface area (Å²) in [6.07, 6.45) is 2.59. The van der Waals surface area contributed by atoms with Crippen molar-refractivity contribution in [2.75, 3.05) is 6.61 Å². The number of rotatable bonds is 5. The minimum absolute atomic E-state index is 0.0325. The molecule has 118 valence electrons. The van der Waals surface area contributed by atoms with E-state index in [1.807, 2.05) is 36.4 Å². The summed E-state index contributed by atoms with van der Waals surface area (Å²) in [5.74, 6) is 0.450. The normalized spacial score (nSPS) is 12.7. The van der Waals surface area contributed by atoms with Gasteiger partial charge in [0.25, 0.3) is 5.91 Å². The molecular formula is C19H20N2O2. The average Bonchev–Trinajstić information content (AvgIpc) is 3.01. The van der Waals surface area contributed by atoms with E-state index in [4.69, 9.17) is 4.74 Å². The molecule has 1 aliphatic carbocycles. The molecule has 2 aromatic carbocycles. The first-order valence-electron chi connectivity index (χ1n) is 7.87. The van der Waals surface area contributed by atoms with Gasteiger partial charge in [0.15, 0.2) is 6.61 Å². The number of ether oxygens (including phenoxy) is 1. The predicted octanol–water partition coefficient (Wildman–Crippen LogP) is 2.90. The van der Waals surface area contributed by atoms with E-state index in [2.05, 4.69) is 29.6 Å².